The van der Waals surface area contributed by atoms with E-state index in [9.17, 15) is 5.26 Å². The molecule has 1 aromatic heterocycles. The first-order valence-corrected chi connectivity index (χ1v) is 6.76. The second-order valence-electron chi connectivity index (χ2n) is 4.30. The molecule has 1 unspecified atom stereocenters. The fourth-order valence-corrected chi connectivity index (χ4v) is 2.94. The largest absolute Gasteiger partial charge is 0.294 e. The van der Waals surface area contributed by atoms with Gasteiger partial charge in [0.2, 0.25) is 0 Å². The van der Waals surface area contributed by atoms with Crippen LogP contribution in [-0.4, -0.2) is 0 Å². The number of aryl methyl sites for hydroxylation is 2. The molecule has 92 valence electrons. The summed E-state index contributed by atoms with van der Waals surface area (Å²) in [6.45, 7) is 4.86. The van der Waals surface area contributed by atoms with E-state index in [0.29, 0.717) is 6.54 Å². The summed E-state index contributed by atoms with van der Waals surface area (Å²) < 4.78 is 0. The van der Waals surface area contributed by atoms with Crippen molar-refractivity contribution in [2.45, 2.75) is 26.4 Å². The first-order chi connectivity index (χ1) is 8.70. The fourth-order valence-electron chi connectivity index (χ4n) is 1.98. The third-order valence-electron chi connectivity index (χ3n) is 2.87. The van der Waals surface area contributed by atoms with E-state index in [1.807, 2.05) is 18.2 Å². The quantitative estimate of drug-likeness (QED) is 0.905. The number of nitrogens with one attached hydrogen (secondary N) is 1. The average Bonchev–Trinajstić information content (AvgIpc) is 2.71. The van der Waals surface area contributed by atoms with E-state index in [2.05, 4.69) is 43.4 Å². The molecule has 2 nitrogen and oxygen atoms in total. The lowest BCUT2D eigenvalue weighted by Gasteiger charge is -2.11. The summed E-state index contributed by atoms with van der Waals surface area (Å²) in [5.74, 6) is 0. The molecule has 2 aromatic rings. The topological polar surface area (TPSA) is 35.8 Å². The Labute approximate surface area is 112 Å². The van der Waals surface area contributed by atoms with E-state index in [0.717, 1.165) is 5.56 Å². The molecule has 0 amide bonds. The van der Waals surface area contributed by atoms with Crippen molar-refractivity contribution in [2.24, 2.45) is 0 Å². The molecule has 2 rings (SSSR count). The molecular weight excluding hydrogens is 240 g/mol. The molecule has 0 bridgehead atoms. The van der Waals surface area contributed by atoms with Crippen molar-refractivity contribution in [2.75, 3.05) is 0 Å². The Morgan fingerprint density at radius 2 is 2.00 bits per heavy atom. The maximum atomic E-state index is 9.28. The lowest BCUT2D eigenvalue weighted by atomic mass is 10.1. The molecule has 0 saturated carbocycles. The number of benzene rings is 1. The van der Waals surface area contributed by atoms with Gasteiger partial charge >= 0.3 is 0 Å². The normalized spacial score (nSPS) is 12.1. The second-order valence-corrected chi connectivity index (χ2v) is 5.76. The van der Waals surface area contributed by atoms with Crippen LogP contribution >= 0.6 is 11.3 Å². The van der Waals surface area contributed by atoms with Crippen molar-refractivity contribution in [3.8, 4) is 6.07 Å². The molecule has 3 heteroatoms. The van der Waals surface area contributed by atoms with E-state index in [4.69, 9.17) is 0 Å². The Hall–Kier alpha value is -1.63. The van der Waals surface area contributed by atoms with Crippen LogP contribution in [0.1, 0.15) is 26.9 Å². The summed E-state index contributed by atoms with van der Waals surface area (Å²) in [6, 6.07) is 14.4. The molecule has 1 atom stereocenters. The van der Waals surface area contributed by atoms with E-state index in [1.54, 1.807) is 11.3 Å². The Morgan fingerprint density at radius 3 is 2.56 bits per heavy atom. The van der Waals surface area contributed by atoms with Crippen LogP contribution in [0.25, 0.3) is 0 Å². The molecule has 0 spiro atoms. The van der Waals surface area contributed by atoms with Crippen molar-refractivity contribution in [3.05, 3.63) is 57.3 Å². The third-order valence-corrected chi connectivity index (χ3v) is 3.85. The number of rotatable bonds is 4. The maximum Gasteiger partial charge on any atom is 0.122 e. The molecule has 0 saturated heterocycles. The molecule has 1 heterocycles. The smallest absolute Gasteiger partial charge is 0.122 e. The van der Waals surface area contributed by atoms with E-state index in [1.165, 1.54) is 15.3 Å². The van der Waals surface area contributed by atoms with E-state index in [-0.39, 0.29) is 6.04 Å². The zero-order valence-corrected chi connectivity index (χ0v) is 11.4. The van der Waals surface area contributed by atoms with Gasteiger partial charge in [-0.25, -0.2) is 0 Å². The van der Waals surface area contributed by atoms with E-state index < -0.39 is 0 Å². The van der Waals surface area contributed by atoms with Crippen molar-refractivity contribution >= 4 is 11.3 Å². The predicted molar refractivity (Wildman–Crippen MR) is 75.4 cm³/mol. The van der Waals surface area contributed by atoms with Crippen molar-refractivity contribution in [1.29, 1.82) is 5.26 Å². The molecule has 0 aliphatic rings. The Bertz CT molecular complexity index is 552. The van der Waals surface area contributed by atoms with Crippen LogP contribution < -0.4 is 5.32 Å². The van der Waals surface area contributed by atoms with Gasteiger partial charge in [0.05, 0.1) is 6.07 Å². The minimum absolute atomic E-state index is 0.227. The van der Waals surface area contributed by atoms with Gasteiger partial charge in [-0.3, -0.25) is 5.32 Å². The molecule has 1 N–H and O–H groups in total. The first-order valence-electron chi connectivity index (χ1n) is 5.94. The predicted octanol–water partition coefficient (Wildman–Crippen LogP) is 3.72. The standard InChI is InChI=1S/C15H16N2S/c1-11-8-14(12(2)18-11)15(9-16)17-10-13-6-4-3-5-7-13/h3-8,15,17H,10H2,1-2H3. The molecular formula is C15H16N2S. The van der Waals surface area contributed by atoms with Crippen molar-refractivity contribution in [3.63, 3.8) is 0 Å². The van der Waals surface area contributed by atoms with Gasteiger partial charge in [-0.05, 0) is 31.0 Å². The summed E-state index contributed by atoms with van der Waals surface area (Å²) in [7, 11) is 0. The molecule has 0 radical (unpaired) electrons. The van der Waals surface area contributed by atoms with Gasteiger partial charge in [-0.2, -0.15) is 5.26 Å². The minimum atomic E-state index is -0.227. The minimum Gasteiger partial charge on any atom is -0.294 e. The molecule has 18 heavy (non-hydrogen) atoms. The molecule has 0 aliphatic carbocycles. The monoisotopic (exact) mass is 256 g/mol. The highest BCUT2D eigenvalue weighted by Crippen LogP contribution is 2.26. The SMILES string of the molecule is Cc1cc(C(C#N)NCc2ccccc2)c(C)s1. The highest BCUT2D eigenvalue weighted by Gasteiger charge is 2.14. The summed E-state index contributed by atoms with van der Waals surface area (Å²) in [4.78, 5) is 2.48. The van der Waals surface area contributed by atoms with Gasteiger partial charge in [0, 0.05) is 16.3 Å². The zero-order chi connectivity index (χ0) is 13.0. The Balaban J connectivity index is 2.07. The van der Waals surface area contributed by atoms with Crippen LogP contribution in [0.3, 0.4) is 0 Å². The van der Waals surface area contributed by atoms with Crippen LogP contribution in [0.5, 0.6) is 0 Å². The third kappa shape index (κ3) is 2.98. The summed E-state index contributed by atoms with van der Waals surface area (Å²) in [6.07, 6.45) is 0. The highest BCUT2D eigenvalue weighted by atomic mass is 32.1. The molecule has 1 aromatic carbocycles. The number of hydrogen-bond donors (Lipinski definition) is 1. The summed E-state index contributed by atoms with van der Waals surface area (Å²) in [5.41, 5.74) is 2.30. The van der Waals surface area contributed by atoms with E-state index >= 15 is 0 Å². The van der Waals surface area contributed by atoms with Gasteiger partial charge in [0.1, 0.15) is 6.04 Å². The molecule has 0 aliphatic heterocycles. The van der Waals surface area contributed by atoms with Crippen molar-refractivity contribution in [1.82, 2.24) is 5.32 Å². The van der Waals surface area contributed by atoms with Crippen LogP contribution in [0, 0.1) is 25.2 Å². The number of thiophene rings is 1. The summed E-state index contributed by atoms with van der Waals surface area (Å²) in [5, 5.41) is 12.6. The average molecular weight is 256 g/mol. The van der Waals surface area contributed by atoms with Gasteiger partial charge in [0.25, 0.3) is 0 Å². The van der Waals surface area contributed by atoms with Crippen LogP contribution in [-0.2, 0) is 6.54 Å². The Kier molecular flexibility index (Phi) is 4.14. The number of nitrogens with zero attached hydrogens (tertiary/aromatic N) is 1. The van der Waals surface area contributed by atoms with Crippen LogP contribution in [0.2, 0.25) is 0 Å². The maximum absolute atomic E-state index is 9.28. The summed E-state index contributed by atoms with van der Waals surface area (Å²) >= 11 is 1.74. The Morgan fingerprint density at radius 1 is 1.28 bits per heavy atom. The second kappa shape index (κ2) is 5.81. The fraction of sp³-hybridized carbons (Fsp3) is 0.267. The van der Waals surface area contributed by atoms with Gasteiger partial charge in [-0.15, -0.1) is 11.3 Å². The number of hydrogen-bond acceptors (Lipinski definition) is 3. The lowest BCUT2D eigenvalue weighted by molar-refractivity contribution is 0.630. The van der Waals surface area contributed by atoms with Gasteiger partial charge in [-0.1, -0.05) is 30.3 Å². The van der Waals surface area contributed by atoms with Gasteiger partial charge < -0.3 is 0 Å². The zero-order valence-electron chi connectivity index (χ0n) is 10.6. The van der Waals surface area contributed by atoms with Crippen LogP contribution in [0.4, 0.5) is 0 Å². The first kappa shape index (κ1) is 12.8. The highest BCUT2D eigenvalue weighted by molar-refractivity contribution is 7.12. The molecule has 0 fully saturated rings. The van der Waals surface area contributed by atoms with Gasteiger partial charge in [0.15, 0.2) is 0 Å². The lowest BCUT2D eigenvalue weighted by Crippen LogP contribution is -2.19. The van der Waals surface area contributed by atoms with Crippen LogP contribution in [0.15, 0.2) is 36.4 Å². The number of nitriles is 1. The van der Waals surface area contributed by atoms with Crippen molar-refractivity contribution < 1.29 is 0 Å².